The van der Waals surface area contributed by atoms with Crippen molar-refractivity contribution in [1.82, 2.24) is 20.2 Å². The van der Waals surface area contributed by atoms with E-state index in [1.54, 1.807) is 14.0 Å². The van der Waals surface area contributed by atoms with Gasteiger partial charge in [-0.1, -0.05) is 23.4 Å². The molecule has 9 nitrogen and oxygen atoms in total. The number of halogens is 1. The molecule has 22 heavy (non-hydrogen) atoms. The Labute approximate surface area is 134 Å². The van der Waals surface area contributed by atoms with E-state index in [-0.39, 0.29) is 16.6 Å². The van der Waals surface area contributed by atoms with Gasteiger partial charge in [-0.15, -0.1) is 5.10 Å². The van der Waals surface area contributed by atoms with E-state index in [1.165, 1.54) is 34.6 Å². The molecule has 1 N–H and O–H groups in total. The number of carbonyl (C=O) groups is 1. The fourth-order valence-electron chi connectivity index (χ4n) is 1.49. The third-order valence-electron chi connectivity index (χ3n) is 2.65. The average molecular weight is 343 g/mol. The number of non-ortho nitro benzene ring substituents is 1. The quantitative estimate of drug-likeness (QED) is 0.501. The Balaban J connectivity index is 2.05. The minimum atomic E-state index is -0.559. The lowest BCUT2D eigenvalue weighted by molar-refractivity contribution is -0.384. The number of aromatic nitrogens is 4. The second-order valence-electron chi connectivity index (χ2n) is 4.26. The van der Waals surface area contributed by atoms with Gasteiger partial charge in [0.05, 0.1) is 20.9 Å². The van der Waals surface area contributed by atoms with Gasteiger partial charge in [-0.2, -0.15) is 0 Å². The standard InChI is InChI=1S/C11H11ClN6O3S/c1-6(22-11-14-15-16-17(11)2)10(19)13-9-4-3-7(18(20)21)5-8(9)12/h3-6H,1-2H3,(H,13,19). The van der Waals surface area contributed by atoms with Crippen LogP contribution in [0.15, 0.2) is 23.4 Å². The number of nitro groups is 1. The molecule has 1 amide bonds. The molecule has 1 aromatic carbocycles. The molecule has 2 aromatic rings. The number of benzene rings is 1. The Morgan fingerprint density at radius 3 is 2.82 bits per heavy atom. The zero-order chi connectivity index (χ0) is 16.3. The summed E-state index contributed by atoms with van der Waals surface area (Å²) in [6.45, 7) is 1.69. The molecular weight excluding hydrogens is 332 g/mol. The van der Waals surface area contributed by atoms with Crippen LogP contribution < -0.4 is 5.32 Å². The van der Waals surface area contributed by atoms with Crippen molar-refractivity contribution >= 4 is 40.6 Å². The van der Waals surface area contributed by atoms with Crippen LogP contribution in [0.4, 0.5) is 11.4 Å². The number of hydrogen-bond donors (Lipinski definition) is 1. The van der Waals surface area contributed by atoms with Crippen LogP contribution in [-0.2, 0) is 11.8 Å². The number of carbonyl (C=O) groups excluding carboxylic acids is 1. The van der Waals surface area contributed by atoms with E-state index in [2.05, 4.69) is 20.8 Å². The number of thioether (sulfide) groups is 1. The van der Waals surface area contributed by atoms with Crippen LogP contribution in [0.25, 0.3) is 0 Å². The van der Waals surface area contributed by atoms with Crippen molar-refractivity contribution in [3.05, 3.63) is 33.3 Å². The molecule has 11 heteroatoms. The zero-order valence-corrected chi connectivity index (χ0v) is 13.1. The highest BCUT2D eigenvalue weighted by molar-refractivity contribution is 8.00. The van der Waals surface area contributed by atoms with Crippen LogP contribution in [0.3, 0.4) is 0 Å². The molecule has 0 aliphatic heterocycles. The summed E-state index contributed by atoms with van der Waals surface area (Å²) in [5.41, 5.74) is 0.163. The van der Waals surface area contributed by atoms with E-state index in [0.29, 0.717) is 10.8 Å². The predicted octanol–water partition coefficient (Wildman–Crippen LogP) is 1.89. The lowest BCUT2D eigenvalue weighted by Crippen LogP contribution is -2.23. The third kappa shape index (κ3) is 3.71. The van der Waals surface area contributed by atoms with Gasteiger partial charge in [-0.05, 0) is 23.4 Å². The highest BCUT2D eigenvalue weighted by Gasteiger charge is 2.19. The molecule has 0 fully saturated rings. The molecule has 1 atom stereocenters. The first-order valence-electron chi connectivity index (χ1n) is 6.02. The monoisotopic (exact) mass is 342 g/mol. The molecule has 0 saturated heterocycles. The van der Waals surface area contributed by atoms with E-state index in [1.807, 2.05) is 0 Å². The summed E-state index contributed by atoms with van der Waals surface area (Å²) in [5.74, 6) is -0.316. The van der Waals surface area contributed by atoms with E-state index in [0.717, 1.165) is 0 Å². The highest BCUT2D eigenvalue weighted by atomic mass is 35.5. The maximum absolute atomic E-state index is 12.1. The summed E-state index contributed by atoms with van der Waals surface area (Å²) in [6.07, 6.45) is 0. The zero-order valence-electron chi connectivity index (χ0n) is 11.6. The summed E-state index contributed by atoms with van der Waals surface area (Å²) in [7, 11) is 1.67. The van der Waals surface area contributed by atoms with E-state index in [9.17, 15) is 14.9 Å². The highest BCUT2D eigenvalue weighted by Crippen LogP contribution is 2.28. The molecule has 0 radical (unpaired) electrons. The van der Waals surface area contributed by atoms with Gasteiger partial charge in [0, 0.05) is 19.2 Å². The molecule has 0 bridgehead atoms. The van der Waals surface area contributed by atoms with Gasteiger partial charge in [0.2, 0.25) is 11.1 Å². The van der Waals surface area contributed by atoms with Crippen molar-refractivity contribution in [2.45, 2.75) is 17.3 Å². The maximum Gasteiger partial charge on any atom is 0.271 e. The number of nitrogens with zero attached hydrogens (tertiary/aromatic N) is 5. The summed E-state index contributed by atoms with van der Waals surface area (Å²) in [4.78, 5) is 22.2. The van der Waals surface area contributed by atoms with Crippen molar-refractivity contribution in [3.8, 4) is 0 Å². The first-order chi connectivity index (χ1) is 10.4. The van der Waals surface area contributed by atoms with Gasteiger partial charge in [0.1, 0.15) is 0 Å². The van der Waals surface area contributed by atoms with Crippen LogP contribution >= 0.6 is 23.4 Å². The number of nitro benzene ring substituents is 1. The van der Waals surface area contributed by atoms with Crippen molar-refractivity contribution in [2.75, 3.05) is 5.32 Å². The van der Waals surface area contributed by atoms with Crippen molar-refractivity contribution in [3.63, 3.8) is 0 Å². The van der Waals surface area contributed by atoms with Gasteiger partial charge in [-0.25, -0.2) is 4.68 Å². The number of amides is 1. The number of hydrogen-bond acceptors (Lipinski definition) is 7. The molecule has 0 saturated carbocycles. The SMILES string of the molecule is CC(Sc1nnnn1C)C(=O)Nc1ccc([N+](=O)[O-])cc1Cl. The van der Waals surface area contributed by atoms with Crippen LogP contribution in [-0.4, -0.2) is 36.3 Å². The normalized spacial score (nSPS) is 12.0. The molecule has 1 unspecified atom stereocenters. The Kier molecular flexibility index (Phi) is 4.93. The molecule has 116 valence electrons. The summed E-state index contributed by atoms with van der Waals surface area (Å²) in [5, 5.41) is 24.3. The molecule has 2 rings (SSSR count). The largest absolute Gasteiger partial charge is 0.324 e. The molecule has 1 heterocycles. The molecule has 0 aliphatic carbocycles. The lowest BCUT2D eigenvalue weighted by Gasteiger charge is -2.11. The first kappa shape index (κ1) is 16.2. The fourth-order valence-corrected chi connectivity index (χ4v) is 2.46. The van der Waals surface area contributed by atoms with Crippen LogP contribution in [0.5, 0.6) is 0 Å². The average Bonchev–Trinajstić information content (AvgIpc) is 2.86. The van der Waals surface area contributed by atoms with Gasteiger partial charge in [0.15, 0.2) is 0 Å². The van der Waals surface area contributed by atoms with Crippen LogP contribution in [0.2, 0.25) is 5.02 Å². The summed E-state index contributed by atoms with van der Waals surface area (Å²) >= 11 is 7.11. The van der Waals surface area contributed by atoms with Crippen molar-refractivity contribution in [1.29, 1.82) is 0 Å². The number of rotatable bonds is 5. The van der Waals surface area contributed by atoms with Crippen LogP contribution in [0.1, 0.15) is 6.92 Å². The maximum atomic E-state index is 12.1. The Morgan fingerprint density at radius 2 is 2.27 bits per heavy atom. The number of tetrazole rings is 1. The molecule has 0 spiro atoms. The van der Waals surface area contributed by atoms with Gasteiger partial charge >= 0.3 is 0 Å². The van der Waals surface area contributed by atoms with Crippen molar-refractivity contribution < 1.29 is 9.72 Å². The Morgan fingerprint density at radius 1 is 1.55 bits per heavy atom. The van der Waals surface area contributed by atoms with Crippen molar-refractivity contribution in [2.24, 2.45) is 7.05 Å². The predicted molar refractivity (Wildman–Crippen MR) is 80.9 cm³/mol. The molecule has 1 aromatic heterocycles. The number of aryl methyl sites for hydroxylation is 1. The van der Waals surface area contributed by atoms with E-state index < -0.39 is 10.2 Å². The minimum absolute atomic E-state index is 0.0973. The first-order valence-corrected chi connectivity index (χ1v) is 7.28. The Hall–Kier alpha value is -2.20. The lowest BCUT2D eigenvalue weighted by atomic mass is 10.2. The molecule has 0 aliphatic rings. The minimum Gasteiger partial charge on any atom is -0.324 e. The number of nitrogens with one attached hydrogen (secondary N) is 1. The van der Waals surface area contributed by atoms with Gasteiger partial charge < -0.3 is 5.32 Å². The van der Waals surface area contributed by atoms with Gasteiger partial charge in [0.25, 0.3) is 5.69 Å². The summed E-state index contributed by atoms with van der Waals surface area (Å²) in [6, 6.07) is 3.84. The van der Waals surface area contributed by atoms with Gasteiger partial charge in [-0.3, -0.25) is 14.9 Å². The fraction of sp³-hybridized carbons (Fsp3) is 0.273. The van der Waals surface area contributed by atoms with E-state index in [4.69, 9.17) is 11.6 Å². The third-order valence-corrected chi connectivity index (χ3v) is 4.09. The summed E-state index contributed by atoms with van der Waals surface area (Å²) < 4.78 is 1.45. The topological polar surface area (TPSA) is 116 Å². The second-order valence-corrected chi connectivity index (χ2v) is 5.97. The van der Waals surface area contributed by atoms with E-state index >= 15 is 0 Å². The number of anilines is 1. The Bertz CT molecular complexity index is 722. The second kappa shape index (κ2) is 6.71. The molecular formula is C11H11ClN6O3S. The smallest absolute Gasteiger partial charge is 0.271 e. The van der Waals surface area contributed by atoms with Crippen LogP contribution in [0, 0.1) is 10.1 Å².